The van der Waals surface area contributed by atoms with Crippen LogP contribution in [0.2, 0.25) is 0 Å². The van der Waals surface area contributed by atoms with Gasteiger partial charge in [0.1, 0.15) is 0 Å². The number of aryl methyl sites for hydroxylation is 2. The molecule has 28 heavy (non-hydrogen) atoms. The summed E-state index contributed by atoms with van der Waals surface area (Å²) < 4.78 is 1.80. The van der Waals surface area contributed by atoms with Crippen molar-refractivity contribution in [3.05, 3.63) is 76.1 Å². The standard InChI is InChI=1S/C23H25N3O2/c1-3-26-20-7-5-4-6-19(20)21(16-22(26)27)24-12-14-25(15-13-24)23(28)18-10-8-17(2)9-11-18/h4-11,16H,3,12-15H2,1-2H3. The third kappa shape index (κ3) is 3.28. The summed E-state index contributed by atoms with van der Waals surface area (Å²) in [5, 5.41) is 1.09. The van der Waals surface area contributed by atoms with Crippen molar-refractivity contribution in [1.82, 2.24) is 9.47 Å². The average Bonchev–Trinajstić information content (AvgIpc) is 2.73. The number of carbonyl (C=O) groups is 1. The Balaban J connectivity index is 1.57. The van der Waals surface area contributed by atoms with Gasteiger partial charge in [0, 0.05) is 49.7 Å². The topological polar surface area (TPSA) is 45.6 Å². The van der Waals surface area contributed by atoms with E-state index >= 15 is 0 Å². The van der Waals surface area contributed by atoms with Crippen molar-refractivity contribution in [3.63, 3.8) is 0 Å². The molecule has 1 saturated heterocycles. The van der Waals surface area contributed by atoms with Crippen LogP contribution in [0.25, 0.3) is 10.9 Å². The fourth-order valence-corrected chi connectivity index (χ4v) is 3.93. The molecule has 1 fully saturated rings. The number of hydrogen-bond donors (Lipinski definition) is 0. The first-order valence-electron chi connectivity index (χ1n) is 9.82. The molecular weight excluding hydrogens is 350 g/mol. The van der Waals surface area contributed by atoms with Gasteiger partial charge in [0.15, 0.2) is 0 Å². The summed E-state index contributed by atoms with van der Waals surface area (Å²) in [5.74, 6) is 0.0749. The van der Waals surface area contributed by atoms with Crippen molar-refractivity contribution in [1.29, 1.82) is 0 Å². The average molecular weight is 375 g/mol. The smallest absolute Gasteiger partial charge is 0.253 e. The largest absolute Gasteiger partial charge is 0.367 e. The maximum Gasteiger partial charge on any atom is 0.253 e. The summed E-state index contributed by atoms with van der Waals surface area (Å²) in [6.45, 7) is 7.40. The molecule has 0 radical (unpaired) electrons. The zero-order valence-corrected chi connectivity index (χ0v) is 16.4. The summed E-state index contributed by atoms with van der Waals surface area (Å²) in [6.07, 6.45) is 0. The quantitative estimate of drug-likeness (QED) is 0.706. The van der Waals surface area contributed by atoms with Crippen LogP contribution in [0.3, 0.4) is 0 Å². The molecule has 1 aliphatic heterocycles. The van der Waals surface area contributed by atoms with Crippen LogP contribution in [0, 0.1) is 6.92 Å². The Morgan fingerprint density at radius 3 is 2.32 bits per heavy atom. The van der Waals surface area contributed by atoms with E-state index in [4.69, 9.17) is 0 Å². The Bertz CT molecular complexity index is 1060. The lowest BCUT2D eigenvalue weighted by Gasteiger charge is -2.36. The highest BCUT2D eigenvalue weighted by molar-refractivity contribution is 5.95. The number of para-hydroxylation sites is 1. The fourth-order valence-electron chi connectivity index (χ4n) is 3.93. The van der Waals surface area contributed by atoms with Gasteiger partial charge < -0.3 is 14.4 Å². The molecular formula is C23H25N3O2. The first kappa shape index (κ1) is 18.3. The van der Waals surface area contributed by atoms with Gasteiger partial charge in [-0.2, -0.15) is 0 Å². The Morgan fingerprint density at radius 1 is 0.964 bits per heavy atom. The normalized spacial score (nSPS) is 14.5. The molecule has 0 saturated carbocycles. The molecule has 144 valence electrons. The van der Waals surface area contributed by atoms with Gasteiger partial charge in [0.05, 0.1) is 11.2 Å². The van der Waals surface area contributed by atoms with E-state index in [1.54, 1.807) is 10.6 Å². The lowest BCUT2D eigenvalue weighted by atomic mass is 10.1. The zero-order chi connectivity index (χ0) is 19.7. The van der Waals surface area contributed by atoms with Gasteiger partial charge in [0.25, 0.3) is 11.5 Å². The second-order valence-corrected chi connectivity index (χ2v) is 7.27. The van der Waals surface area contributed by atoms with Crippen molar-refractivity contribution in [2.24, 2.45) is 0 Å². The summed E-state index contributed by atoms with van der Waals surface area (Å²) >= 11 is 0. The Labute approximate surface area is 164 Å². The molecule has 5 heteroatoms. The van der Waals surface area contributed by atoms with E-state index < -0.39 is 0 Å². The highest BCUT2D eigenvalue weighted by atomic mass is 16.2. The third-order valence-electron chi connectivity index (χ3n) is 5.52. The zero-order valence-electron chi connectivity index (χ0n) is 16.4. The molecule has 1 aliphatic rings. The van der Waals surface area contributed by atoms with E-state index in [-0.39, 0.29) is 11.5 Å². The summed E-state index contributed by atoms with van der Waals surface area (Å²) in [5.41, 5.74) is 3.83. The van der Waals surface area contributed by atoms with Gasteiger partial charge in [-0.1, -0.05) is 35.9 Å². The molecule has 3 aromatic rings. The maximum atomic E-state index is 12.8. The molecule has 4 rings (SSSR count). The number of rotatable bonds is 3. The van der Waals surface area contributed by atoms with Crippen molar-refractivity contribution < 1.29 is 4.79 Å². The number of pyridine rings is 1. The molecule has 1 amide bonds. The van der Waals surface area contributed by atoms with E-state index in [1.807, 2.05) is 61.2 Å². The number of amides is 1. The molecule has 0 aliphatic carbocycles. The van der Waals surface area contributed by atoms with E-state index in [2.05, 4.69) is 11.0 Å². The van der Waals surface area contributed by atoms with Gasteiger partial charge in [0.2, 0.25) is 0 Å². The van der Waals surface area contributed by atoms with Crippen LogP contribution in [0.15, 0.2) is 59.4 Å². The van der Waals surface area contributed by atoms with Crippen molar-refractivity contribution in [2.75, 3.05) is 31.1 Å². The summed E-state index contributed by atoms with van der Waals surface area (Å²) in [4.78, 5) is 29.5. The highest BCUT2D eigenvalue weighted by Gasteiger charge is 2.24. The third-order valence-corrected chi connectivity index (χ3v) is 5.52. The lowest BCUT2D eigenvalue weighted by molar-refractivity contribution is 0.0747. The van der Waals surface area contributed by atoms with Crippen LogP contribution in [-0.4, -0.2) is 41.6 Å². The van der Waals surface area contributed by atoms with Gasteiger partial charge >= 0.3 is 0 Å². The fraction of sp³-hybridized carbons (Fsp3) is 0.304. The molecule has 5 nitrogen and oxygen atoms in total. The second kappa shape index (κ2) is 7.50. The molecule has 0 atom stereocenters. The first-order chi connectivity index (χ1) is 13.6. The van der Waals surface area contributed by atoms with E-state index in [0.29, 0.717) is 19.6 Å². The lowest BCUT2D eigenvalue weighted by Crippen LogP contribution is -2.49. The first-order valence-corrected chi connectivity index (χ1v) is 9.82. The number of benzene rings is 2. The Hall–Kier alpha value is -3.08. The predicted molar refractivity (Wildman–Crippen MR) is 113 cm³/mol. The second-order valence-electron chi connectivity index (χ2n) is 7.27. The molecule has 0 N–H and O–H groups in total. The van der Waals surface area contributed by atoms with Gasteiger partial charge in [-0.3, -0.25) is 9.59 Å². The minimum atomic E-state index is 0.0226. The van der Waals surface area contributed by atoms with Crippen LogP contribution >= 0.6 is 0 Å². The SMILES string of the molecule is CCn1c(=O)cc(N2CCN(C(=O)c3ccc(C)cc3)CC2)c2ccccc21. The van der Waals surface area contributed by atoms with Crippen LogP contribution in [-0.2, 0) is 6.54 Å². The predicted octanol–water partition coefficient (Wildman–Crippen LogP) is 3.29. The van der Waals surface area contributed by atoms with Gasteiger partial charge in [-0.05, 0) is 32.0 Å². The minimum absolute atomic E-state index is 0.0226. The molecule has 0 unspecified atom stereocenters. The van der Waals surface area contributed by atoms with Gasteiger partial charge in [-0.25, -0.2) is 0 Å². The van der Waals surface area contributed by atoms with Crippen LogP contribution in [0.1, 0.15) is 22.8 Å². The summed E-state index contributed by atoms with van der Waals surface area (Å²) in [7, 11) is 0. The maximum absolute atomic E-state index is 12.8. The highest BCUT2D eigenvalue weighted by Crippen LogP contribution is 2.26. The number of piperazine rings is 1. The van der Waals surface area contributed by atoms with Crippen LogP contribution in [0.4, 0.5) is 5.69 Å². The van der Waals surface area contributed by atoms with Crippen molar-refractivity contribution >= 4 is 22.5 Å². The van der Waals surface area contributed by atoms with Gasteiger partial charge in [-0.15, -0.1) is 0 Å². The number of hydrogen-bond acceptors (Lipinski definition) is 3. The molecule has 0 bridgehead atoms. The molecule has 1 aromatic heterocycles. The van der Waals surface area contributed by atoms with E-state index in [9.17, 15) is 9.59 Å². The number of aromatic nitrogens is 1. The number of anilines is 1. The number of nitrogens with zero attached hydrogens (tertiary/aromatic N) is 3. The molecule has 2 heterocycles. The Morgan fingerprint density at radius 2 is 1.64 bits per heavy atom. The Kier molecular flexibility index (Phi) is 4.90. The van der Waals surface area contributed by atoms with Crippen LogP contribution < -0.4 is 10.5 Å². The van der Waals surface area contributed by atoms with Crippen LogP contribution in [0.5, 0.6) is 0 Å². The minimum Gasteiger partial charge on any atom is -0.367 e. The monoisotopic (exact) mass is 375 g/mol. The number of fused-ring (bicyclic) bond motifs is 1. The van der Waals surface area contributed by atoms with E-state index in [0.717, 1.165) is 40.8 Å². The summed E-state index contributed by atoms with van der Waals surface area (Å²) in [6, 6.07) is 17.5. The van der Waals surface area contributed by atoms with Crippen molar-refractivity contribution in [2.45, 2.75) is 20.4 Å². The van der Waals surface area contributed by atoms with Crippen molar-refractivity contribution in [3.8, 4) is 0 Å². The van der Waals surface area contributed by atoms with E-state index in [1.165, 1.54) is 0 Å². The molecule has 0 spiro atoms. The molecule has 2 aromatic carbocycles. The number of carbonyl (C=O) groups excluding carboxylic acids is 1.